The zero-order chi connectivity index (χ0) is 17.3. The fourth-order valence-corrected chi connectivity index (χ4v) is 3.26. The minimum absolute atomic E-state index is 0.399. The van der Waals surface area contributed by atoms with Crippen molar-refractivity contribution in [2.45, 2.75) is 46.3 Å². The van der Waals surface area contributed by atoms with Gasteiger partial charge >= 0.3 is 0 Å². The molecule has 2 aromatic rings. The second kappa shape index (κ2) is 6.85. The van der Waals surface area contributed by atoms with Gasteiger partial charge in [-0.25, -0.2) is 0 Å². The Kier molecular flexibility index (Phi) is 4.81. The van der Waals surface area contributed by atoms with E-state index in [4.69, 9.17) is 9.47 Å². The smallest absolute Gasteiger partial charge is 0.161 e. The average molecular weight is 329 g/mol. The van der Waals surface area contributed by atoms with Crippen molar-refractivity contribution in [3.05, 3.63) is 40.7 Å². The molecule has 0 N–H and O–H groups in total. The molecule has 0 fully saturated rings. The molecule has 0 saturated carbocycles. The van der Waals surface area contributed by atoms with Crippen molar-refractivity contribution >= 4 is 0 Å². The topological polar surface area (TPSA) is 39.5 Å². The lowest BCUT2D eigenvalue weighted by atomic mass is 9.98. The van der Waals surface area contributed by atoms with Crippen LogP contribution in [0.4, 0.5) is 0 Å². The van der Waals surface area contributed by atoms with E-state index in [1.165, 1.54) is 16.7 Å². The van der Waals surface area contributed by atoms with E-state index in [0.717, 1.165) is 43.2 Å². The highest BCUT2D eigenvalue weighted by atomic mass is 16.5. The maximum Gasteiger partial charge on any atom is 0.161 e. The fourth-order valence-electron chi connectivity index (χ4n) is 3.26. The van der Waals surface area contributed by atoms with Gasteiger partial charge in [0.1, 0.15) is 0 Å². The lowest BCUT2D eigenvalue weighted by molar-refractivity contribution is 0.243. The predicted molar refractivity (Wildman–Crippen MR) is 94.7 cm³/mol. The molecular weight excluding hydrogens is 302 g/mol. The van der Waals surface area contributed by atoms with Crippen molar-refractivity contribution in [3.63, 3.8) is 0 Å². The Morgan fingerprint density at radius 1 is 1.12 bits per heavy atom. The normalized spacial score (nSPS) is 14.8. The molecule has 0 unspecified atom stereocenters. The van der Waals surface area contributed by atoms with Gasteiger partial charge in [0.2, 0.25) is 0 Å². The lowest BCUT2D eigenvalue weighted by Gasteiger charge is -2.29. The number of ether oxygens (including phenoxy) is 2. The number of aromatic nitrogens is 2. The van der Waals surface area contributed by atoms with Crippen LogP contribution in [0, 0.1) is 6.92 Å². The molecule has 1 aromatic carbocycles. The number of fused-ring (bicyclic) bond motifs is 1. The Morgan fingerprint density at radius 2 is 1.79 bits per heavy atom. The number of methoxy groups -OCH3 is 2. The molecule has 1 aliphatic rings. The number of aryl methyl sites for hydroxylation is 1. The fraction of sp³-hybridized carbons (Fsp3) is 0.526. The van der Waals surface area contributed by atoms with Gasteiger partial charge in [-0.2, -0.15) is 5.10 Å². The highest BCUT2D eigenvalue weighted by Gasteiger charge is 2.20. The molecule has 0 bridgehead atoms. The Hall–Kier alpha value is -2.01. The van der Waals surface area contributed by atoms with Gasteiger partial charge in [0.05, 0.1) is 19.9 Å². The van der Waals surface area contributed by atoms with Crippen LogP contribution in [0.3, 0.4) is 0 Å². The Morgan fingerprint density at radius 3 is 2.38 bits per heavy atom. The molecule has 0 aliphatic carbocycles. The predicted octanol–water partition coefficient (Wildman–Crippen LogP) is 3.35. The zero-order valence-corrected chi connectivity index (χ0v) is 15.3. The molecule has 1 aromatic heterocycles. The second-order valence-electron chi connectivity index (χ2n) is 6.75. The van der Waals surface area contributed by atoms with Crippen molar-refractivity contribution in [2.24, 2.45) is 0 Å². The first-order chi connectivity index (χ1) is 11.5. The van der Waals surface area contributed by atoms with Crippen LogP contribution in [0.15, 0.2) is 18.3 Å². The summed E-state index contributed by atoms with van der Waals surface area (Å²) in [7, 11) is 3.38. The minimum Gasteiger partial charge on any atom is -0.493 e. The molecule has 0 amide bonds. The number of benzene rings is 1. The highest BCUT2D eigenvalue weighted by Crippen LogP contribution is 2.33. The molecule has 0 spiro atoms. The number of hydrogen-bond donors (Lipinski definition) is 0. The maximum atomic E-state index is 5.45. The summed E-state index contributed by atoms with van der Waals surface area (Å²) >= 11 is 0. The molecular formula is C19H27N3O2. The summed E-state index contributed by atoms with van der Waals surface area (Å²) < 4.78 is 12.9. The molecule has 1 aliphatic heterocycles. The van der Waals surface area contributed by atoms with Gasteiger partial charge in [-0.15, -0.1) is 0 Å². The van der Waals surface area contributed by atoms with Crippen molar-refractivity contribution in [1.29, 1.82) is 0 Å². The first kappa shape index (κ1) is 16.8. The van der Waals surface area contributed by atoms with Gasteiger partial charge in [-0.1, -0.05) is 0 Å². The molecule has 2 heterocycles. The van der Waals surface area contributed by atoms with Gasteiger partial charge in [0, 0.05) is 37.4 Å². The quantitative estimate of drug-likeness (QED) is 0.843. The van der Waals surface area contributed by atoms with E-state index in [1.54, 1.807) is 14.2 Å². The second-order valence-corrected chi connectivity index (χ2v) is 6.75. The largest absolute Gasteiger partial charge is 0.493 e. The molecule has 5 heteroatoms. The average Bonchev–Trinajstić information content (AvgIpc) is 2.94. The Labute approximate surface area is 144 Å². The van der Waals surface area contributed by atoms with E-state index in [0.29, 0.717) is 6.04 Å². The van der Waals surface area contributed by atoms with Crippen LogP contribution in [-0.4, -0.2) is 35.4 Å². The third-order valence-electron chi connectivity index (χ3n) is 4.74. The number of hydrogen-bond acceptors (Lipinski definition) is 4. The zero-order valence-electron chi connectivity index (χ0n) is 15.3. The van der Waals surface area contributed by atoms with Crippen LogP contribution in [0.25, 0.3) is 0 Å². The maximum absolute atomic E-state index is 5.45. The first-order valence-electron chi connectivity index (χ1n) is 8.52. The van der Waals surface area contributed by atoms with Crippen molar-refractivity contribution in [3.8, 4) is 11.5 Å². The summed E-state index contributed by atoms with van der Waals surface area (Å²) in [5.74, 6) is 1.63. The van der Waals surface area contributed by atoms with Gasteiger partial charge in [-0.05, 0) is 50.5 Å². The summed E-state index contributed by atoms with van der Waals surface area (Å²) in [6.45, 7) is 9.34. The summed E-state index contributed by atoms with van der Waals surface area (Å²) in [6, 6.07) is 4.63. The lowest BCUT2D eigenvalue weighted by Crippen LogP contribution is -2.30. The van der Waals surface area contributed by atoms with Crippen molar-refractivity contribution in [2.75, 3.05) is 20.8 Å². The molecule has 0 radical (unpaired) electrons. The minimum atomic E-state index is 0.399. The van der Waals surface area contributed by atoms with Crippen molar-refractivity contribution < 1.29 is 9.47 Å². The Bertz CT molecular complexity index is 722. The molecule has 24 heavy (non-hydrogen) atoms. The van der Waals surface area contributed by atoms with E-state index in [1.807, 2.05) is 0 Å². The van der Waals surface area contributed by atoms with E-state index in [-0.39, 0.29) is 0 Å². The summed E-state index contributed by atoms with van der Waals surface area (Å²) in [4.78, 5) is 2.48. The third-order valence-corrected chi connectivity index (χ3v) is 4.74. The van der Waals surface area contributed by atoms with E-state index < -0.39 is 0 Å². The molecule has 5 nitrogen and oxygen atoms in total. The SMILES string of the molecule is COc1cc2c(cc1OC)CN(Cc1cn(C(C)C)nc1C)CC2. The van der Waals surface area contributed by atoms with Gasteiger partial charge in [0.25, 0.3) is 0 Å². The van der Waals surface area contributed by atoms with E-state index >= 15 is 0 Å². The molecule has 0 atom stereocenters. The highest BCUT2D eigenvalue weighted by molar-refractivity contribution is 5.48. The van der Waals surface area contributed by atoms with E-state index in [9.17, 15) is 0 Å². The van der Waals surface area contributed by atoms with Crippen molar-refractivity contribution in [1.82, 2.24) is 14.7 Å². The molecule has 130 valence electrons. The van der Waals surface area contributed by atoms with Crippen LogP contribution >= 0.6 is 0 Å². The monoisotopic (exact) mass is 329 g/mol. The van der Waals surface area contributed by atoms with Crippen LogP contribution < -0.4 is 9.47 Å². The molecule has 0 saturated heterocycles. The third kappa shape index (κ3) is 3.26. The van der Waals surface area contributed by atoms with E-state index in [2.05, 4.69) is 53.8 Å². The van der Waals surface area contributed by atoms with Gasteiger partial charge in [0.15, 0.2) is 11.5 Å². The van der Waals surface area contributed by atoms with Crippen LogP contribution in [0.1, 0.15) is 42.3 Å². The van der Waals surface area contributed by atoms with Crippen LogP contribution in [-0.2, 0) is 19.5 Å². The number of rotatable bonds is 5. The Balaban J connectivity index is 1.77. The van der Waals surface area contributed by atoms with Gasteiger partial charge in [-0.3, -0.25) is 9.58 Å². The van der Waals surface area contributed by atoms with Crippen LogP contribution in [0.2, 0.25) is 0 Å². The summed E-state index contributed by atoms with van der Waals surface area (Å²) in [5, 5.41) is 4.62. The summed E-state index contributed by atoms with van der Waals surface area (Å²) in [6.07, 6.45) is 3.22. The number of nitrogens with zero attached hydrogens (tertiary/aromatic N) is 3. The first-order valence-corrected chi connectivity index (χ1v) is 8.52. The summed E-state index contributed by atoms with van der Waals surface area (Å²) in [5.41, 5.74) is 5.13. The van der Waals surface area contributed by atoms with Gasteiger partial charge < -0.3 is 9.47 Å². The van der Waals surface area contributed by atoms with Crippen LogP contribution in [0.5, 0.6) is 11.5 Å². The standard InChI is InChI=1S/C19H27N3O2/c1-13(2)22-12-17(14(3)20-22)11-21-7-6-15-8-18(23-4)19(24-5)9-16(15)10-21/h8-9,12-13H,6-7,10-11H2,1-5H3. The molecule has 3 rings (SSSR count).